The SMILES string of the molecule is Cc1cn(CC(=O)c2cccs2)c2ccccc12. The number of rotatable bonds is 3. The zero-order valence-corrected chi connectivity index (χ0v) is 10.9. The fourth-order valence-electron chi connectivity index (χ4n) is 2.23. The molecule has 90 valence electrons. The molecule has 0 radical (unpaired) electrons. The molecule has 0 amide bonds. The Bertz CT molecular complexity index is 694. The monoisotopic (exact) mass is 255 g/mol. The maximum atomic E-state index is 12.1. The number of para-hydroxylation sites is 1. The Morgan fingerprint density at radius 3 is 2.83 bits per heavy atom. The van der Waals surface area contributed by atoms with Crippen molar-refractivity contribution >= 4 is 28.0 Å². The van der Waals surface area contributed by atoms with Crippen molar-refractivity contribution in [2.24, 2.45) is 0 Å². The van der Waals surface area contributed by atoms with E-state index in [-0.39, 0.29) is 5.78 Å². The predicted octanol–water partition coefficient (Wildman–Crippen LogP) is 3.89. The summed E-state index contributed by atoms with van der Waals surface area (Å²) in [4.78, 5) is 12.9. The number of nitrogens with zero attached hydrogens (tertiary/aromatic N) is 1. The summed E-state index contributed by atoms with van der Waals surface area (Å²) in [6.45, 7) is 2.49. The number of aryl methyl sites for hydroxylation is 1. The number of ketones is 1. The Morgan fingerprint density at radius 1 is 1.22 bits per heavy atom. The molecule has 2 nitrogen and oxygen atoms in total. The molecular weight excluding hydrogens is 242 g/mol. The van der Waals surface area contributed by atoms with E-state index >= 15 is 0 Å². The molecule has 18 heavy (non-hydrogen) atoms. The number of hydrogen-bond donors (Lipinski definition) is 0. The zero-order chi connectivity index (χ0) is 12.5. The van der Waals surface area contributed by atoms with Crippen LogP contribution in [-0.4, -0.2) is 10.4 Å². The number of fused-ring (bicyclic) bond motifs is 1. The van der Waals surface area contributed by atoms with Crippen molar-refractivity contribution in [1.82, 2.24) is 4.57 Å². The molecule has 2 aromatic heterocycles. The highest BCUT2D eigenvalue weighted by molar-refractivity contribution is 7.12. The third-order valence-electron chi connectivity index (χ3n) is 3.10. The predicted molar refractivity (Wildman–Crippen MR) is 75.3 cm³/mol. The van der Waals surface area contributed by atoms with E-state index < -0.39 is 0 Å². The summed E-state index contributed by atoms with van der Waals surface area (Å²) in [5, 5.41) is 3.16. The molecule has 0 aliphatic carbocycles. The summed E-state index contributed by atoms with van der Waals surface area (Å²) in [7, 11) is 0. The smallest absolute Gasteiger partial charge is 0.192 e. The molecule has 2 heterocycles. The highest BCUT2D eigenvalue weighted by Gasteiger charge is 2.10. The lowest BCUT2D eigenvalue weighted by molar-refractivity contribution is 0.0977. The van der Waals surface area contributed by atoms with Gasteiger partial charge in [-0.1, -0.05) is 24.3 Å². The maximum Gasteiger partial charge on any atom is 0.192 e. The van der Waals surface area contributed by atoms with E-state index in [1.807, 2.05) is 34.2 Å². The molecule has 0 N–H and O–H groups in total. The molecule has 0 saturated carbocycles. The van der Waals surface area contributed by atoms with Crippen LogP contribution in [0.3, 0.4) is 0 Å². The quantitative estimate of drug-likeness (QED) is 0.651. The topological polar surface area (TPSA) is 22.0 Å². The second-order valence-electron chi connectivity index (χ2n) is 4.36. The standard InChI is InChI=1S/C15H13NOS/c1-11-9-16(13-6-3-2-5-12(11)13)10-14(17)15-7-4-8-18-15/h2-9H,10H2,1H3. The first-order valence-corrected chi connectivity index (χ1v) is 6.75. The summed E-state index contributed by atoms with van der Waals surface area (Å²) >= 11 is 1.50. The van der Waals surface area contributed by atoms with Gasteiger partial charge in [-0.15, -0.1) is 11.3 Å². The maximum absolute atomic E-state index is 12.1. The number of benzene rings is 1. The van der Waals surface area contributed by atoms with Gasteiger partial charge in [0.15, 0.2) is 5.78 Å². The number of carbonyl (C=O) groups excluding carboxylic acids is 1. The van der Waals surface area contributed by atoms with E-state index in [2.05, 4.69) is 25.3 Å². The van der Waals surface area contributed by atoms with Crippen molar-refractivity contribution in [2.75, 3.05) is 0 Å². The summed E-state index contributed by atoms with van der Waals surface area (Å²) in [6, 6.07) is 12.0. The number of Topliss-reactive ketones (excluding diaryl/α,β-unsaturated/α-hetero) is 1. The number of hydrogen-bond acceptors (Lipinski definition) is 2. The molecule has 3 aromatic rings. The van der Waals surface area contributed by atoms with Crippen molar-refractivity contribution in [1.29, 1.82) is 0 Å². The molecule has 1 aromatic carbocycles. The Hall–Kier alpha value is -1.87. The first-order chi connectivity index (χ1) is 8.75. The average Bonchev–Trinajstić information content (AvgIpc) is 3.00. The summed E-state index contributed by atoms with van der Waals surface area (Å²) < 4.78 is 2.03. The van der Waals surface area contributed by atoms with Crippen molar-refractivity contribution in [3.8, 4) is 0 Å². The van der Waals surface area contributed by atoms with Gasteiger partial charge in [0, 0.05) is 17.1 Å². The van der Waals surface area contributed by atoms with Gasteiger partial charge in [-0.05, 0) is 30.0 Å². The van der Waals surface area contributed by atoms with Crippen LogP contribution in [0.5, 0.6) is 0 Å². The normalized spacial score (nSPS) is 10.9. The lowest BCUT2D eigenvalue weighted by Crippen LogP contribution is -2.07. The number of aromatic nitrogens is 1. The minimum Gasteiger partial charge on any atom is -0.339 e. The van der Waals surface area contributed by atoms with Gasteiger partial charge in [-0.2, -0.15) is 0 Å². The second kappa shape index (κ2) is 4.42. The highest BCUT2D eigenvalue weighted by Crippen LogP contribution is 2.21. The molecule has 0 aliphatic heterocycles. The lowest BCUT2D eigenvalue weighted by atomic mass is 10.2. The lowest BCUT2D eigenvalue weighted by Gasteiger charge is -2.03. The van der Waals surface area contributed by atoms with Crippen LogP contribution in [0, 0.1) is 6.92 Å². The molecule has 0 fully saturated rings. The Kier molecular flexibility index (Phi) is 2.76. The van der Waals surface area contributed by atoms with Crippen LogP contribution in [0.2, 0.25) is 0 Å². The minimum atomic E-state index is 0.172. The van der Waals surface area contributed by atoms with Gasteiger partial charge < -0.3 is 4.57 Å². The first-order valence-electron chi connectivity index (χ1n) is 5.87. The van der Waals surface area contributed by atoms with Crippen LogP contribution in [0.15, 0.2) is 48.0 Å². The van der Waals surface area contributed by atoms with Gasteiger partial charge in [0.2, 0.25) is 0 Å². The average molecular weight is 255 g/mol. The molecule has 0 aliphatic rings. The number of thiophene rings is 1. The minimum absolute atomic E-state index is 0.172. The third kappa shape index (κ3) is 1.87. The molecule has 0 saturated heterocycles. The van der Waals surface area contributed by atoms with Gasteiger partial charge in [-0.25, -0.2) is 0 Å². The van der Waals surface area contributed by atoms with Crippen LogP contribution < -0.4 is 0 Å². The molecule has 0 unspecified atom stereocenters. The van der Waals surface area contributed by atoms with Crippen LogP contribution in [0.4, 0.5) is 0 Å². The summed E-state index contributed by atoms with van der Waals surface area (Å²) in [5.41, 5.74) is 2.34. The summed E-state index contributed by atoms with van der Waals surface area (Å²) in [6.07, 6.45) is 2.05. The first kappa shape index (κ1) is 11.2. The van der Waals surface area contributed by atoms with Gasteiger partial charge in [-0.3, -0.25) is 4.79 Å². The van der Waals surface area contributed by atoms with Gasteiger partial charge >= 0.3 is 0 Å². The molecule has 0 atom stereocenters. The molecule has 0 bridgehead atoms. The summed E-state index contributed by atoms with van der Waals surface area (Å²) in [5.74, 6) is 0.172. The highest BCUT2D eigenvalue weighted by atomic mass is 32.1. The van der Waals surface area contributed by atoms with Crippen molar-refractivity contribution in [3.05, 3.63) is 58.4 Å². The van der Waals surface area contributed by atoms with E-state index in [9.17, 15) is 4.79 Å². The fraction of sp³-hybridized carbons (Fsp3) is 0.133. The Labute approximate surface area is 109 Å². The van der Waals surface area contributed by atoms with Gasteiger partial charge in [0.25, 0.3) is 0 Å². The second-order valence-corrected chi connectivity index (χ2v) is 5.31. The molecular formula is C15H13NOS. The third-order valence-corrected chi connectivity index (χ3v) is 4.01. The van der Waals surface area contributed by atoms with E-state index in [1.54, 1.807) is 0 Å². The van der Waals surface area contributed by atoms with E-state index in [4.69, 9.17) is 0 Å². The van der Waals surface area contributed by atoms with Gasteiger partial charge in [0.1, 0.15) is 0 Å². The van der Waals surface area contributed by atoms with Crippen molar-refractivity contribution in [2.45, 2.75) is 13.5 Å². The van der Waals surface area contributed by atoms with Gasteiger partial charge in [0.05, 0.1) is 11.4 Å². The Balaban J connectivity index is 1.98. The van der Waals surface area contributed by atoms with Crippen molar-refractivity contribution in [3.63, 3.8) is 0 Å². The fourth-order valence-corrected chi connectivity index (χ4v) is 2.89. The van der Waals surface area contributed by atoms with Crippen LogP contribution in [0.25, 0.3) is 10.9 Å². The molecule has 3 rings (SSSR count). The number of carbonyl (C=O) groups is 1. The van der Waals surface area contributed by atoms with Crippen LogP contribution in [-0.2, 0) is 6.54 Å². The molecule has 3 heteroatoms. The van der Waals surface area contributed by atoms with E-state index in [0.29, 0.717) is 6.54 Å². The van der Waals surface area contributed by atoms with E-state index in [0.717, 1.165) is 10.4 Å². The Morgan fingerprint density at radius 2 is 2.06 bits per heavy atom. The van der Waals surface area contributed by atoms with Crippen LogP contribution in [0.1, 0.15) is 15.2 Å². The van der Waals surface area contributed by atoms with E-state index in [1.165, 1.54) is 22.3 Å². The van der Waals surface area contributed by atoms with Crippen LogP contribution >= 0.6 is 11.3 Å². The largest absolute Gasteiger partial charge is 0.339 e. The zero-order valence-electron chi connectivity index (χ0n) is 10.1. The van der Waals surface area contributed by atoms with Crippen molar-refractivity contribution < 1.29 is 4.79 Å². The molecule has 0 spiro atoms.